The number of esters is 1. The zero-order valence-corrected chi connectivity index (χ0v) is 24.0. The summed E-state index contributed by atoms with van der Waals surface area (Å²) in [5, 5.41) is 9.93. The molecule has 0 spiro atoms. The van der Waals surface area contributed by atoms with Crippen LogP contribution in [0.25, 0.3) is 0 Å². The first kappa shape index (κ1) is 33.7. The van der Waals surface area contributed by atoms with E-state index in [0.717, 1.165) is 6.42 Å². The summed E-state index contributed by atoms with van der Waals surface area (Å²) in [4.78, 5) is 48.8. The lowest BCUT2D eigenvalue weighted by atomic mass is 9.86. The number of carbonyl (C=O) groups is 4. The Kier molecular flexibility index (Phi) is 13.8. The van der Waals surface area contributed by atoms with Gasteiger partial charge in [0.1, 0.15) is 23.9 Å². The molecule has 5 atom stereocenters. The summed E-state index contributed by atoms with van der Waals surface area (Å²) >= 11 is 0. The third-order valence-electron chi connectivity index (χ3n) is 6.28. The number of carbonyl (C=O) groups excluding carboxylic acids is 3. The van der Waals surface area contributed by atoms with E-state index in [1.807, 2.05) is 27.7 Å². The maximum Gasteiger partial charge on any atom is 0.514 e. The van der Waals surface area contributed by atoms with E-state index < -0.39 is 48.1 Å². The third kappa shape index (κ3) is 11.9. The minimum absolute atomic E-state index is 0.126. The van der Waals surface area contributed by atoms with Gasteiger partial charge in [-0.3, -0.25) is 9.59 Å². The van der Waals surface area contributed by atoms with Crippen molar-refractivity contribution >= 4 is 24.2 Å². The van der Waals surface area contributed by atoms with Gasteiger partial charge in [-0.15, -0.1) is 0 Å². The summed E-state index contributed by atoms with van der Waals surface area (Å²) in [6, 6.07) is 4.17. The summed E-state index contributed by atoms with van der Waals surface area (Å²) in [6.45, 7) is 12.5. The van der Waals surface area contributed by atoms with Gasteiger partial charge in [-0.05, 0) is 57.2 Å². The van der Waals surface area contributed by atoms with E-state index >= 15 is 0 Å². The monoisotopic (exact) mass is 553 g/mol. The highest BCUT2D eigenvalue weighted by atomic mass is 16.7. The van der Waals surface area contributed by atoms with Crippen LogP contribution < -0.4 is 15.2 Å². The second kappa shape index (κ2) is 15.9. The van der Waals surface area contributed by atoms with E-state index in [9.17, 15) is 24.3 Å². The van der Waals surface area contributed by atoms with Crippen molar-refractivity contribution in [3.8, 4) is 11.5 Å². The molecule has 0 aliphatic heterocycles. The van der Waals surface area contributed by atoms with Gasteiger partial charge >= 0.3 is 24.2 Å². The van der Waals surface area contributed by atoms with Gasteiger partial charge in [0.2, 0.25) is 0 Å². The Morgan fingerprint density at radius 1 is 0.821 bits per heavy atom. The van der Waals surface area contributed by atoms with E-state index in [1.54, 1.807) is 20.8 Å². The van der Waals surface area contributed by atoms with Gasteiger partial charge in [0.25, 0.3) is 0 Å². The summed E-state index contributed by atoms with van der Waals surface area (Å²) in [5.74, 6) is -1.89. The minimum atomic E-state index is -1.82. The van der Waals surface area contributed by atoms with Crippen LogP contribution in [0.15, 0.2) is 18.2 Å². The molecule has 39 heavy (non-hydrogen) atoms. The normalized spacial score (nSPS) is 15.6. The second-order valence-corrected chi connectivity index (χ2v) is 10.0. The average molecular weight is 554 g/mol. The maximum absolute atomic E-state index is 12.3. The smallest absolute Gasteiger partial charge is 0.480 e. The Labute approximate surface area is 230 Å². The standard InChI is InChI=1S/C28H43NO10/c1-8-17(4)13-24(30)35-20(7)15-28(29,25(31)32)16-21-11-12-22(38-26(33)36-18(5)9-2)23(14-21)39-27(34)37-19(6)10-3/h11-12,14,17-20H,8-10,13,15-16,29H2,1-7H3,(H,31,32)/t17?,18?,19?,20-,28?/m0/s1. The van der Waals surface area contributed by atoms with Crippen molar-refractivity contribution < 1.29 is 48.0 Å². The maximum atomic E-state index is 12.3. The first-order valence-electron chi connectivity index (χ1n) is 13.3. The fourth-order valence-corrected chi connectivity index (χ4v) is 3.40. The van der Waals surface area contributed by atoms with Crippen LogP contribution in [0.4, 0.5) is 9.59 Å². The molecule has 3 N–H and O–H groups in total. The van der Waals surface area contributed by atoms with Gasteiger partial charge in [0, 0.05) is 19.3 Å². The van der Waals surface area contributed by atoms with Crippen molar-refractivity contribution in [2.45, 2.75) is 111 Å². The molecule has 1 aromatic rings. The molecular weight excluding hydrogens is 510 g/mol. The van der Waals surface area contributed by atoms with E-state index in [1.165, 1.54) is 18.2 Å². The third-order valence-corrected chi connectivity index (χ3v) is 6.28. The lowest BCUT2D eigenvalue weighted by Gasteiger charge is -2.28. The van der Waals surface area contributed by atoms with Crippen molar-refractivity contribution in [2.75, 3.05) is 0 Å². The van der Waals surface area contributed by atoms with Gasteiger partial charge in [0.15, 0.2) is 11.5 Å². The molecule has 0 aromatic heterocycles. The number of hydrogen-bond acceptors (Lipinski definition) is 10. The molecule has 0 heterocycles. The van der Waals surface area contributed by atoms with Crippen molar-refractivity contribution in [1.82, 2.24) is 0 Å². The summed E-state index contributed by atoms with van der Waals surface area (Å²) < 4.78 is 26.2. The van der Waals surface area contributed by atoms with E-state index in [4.69, 9.17) is 29.4 Å². The molecule has 11 heteroatoms. The zero-order chi connectivity index (χ0) is 29.8. The number of hydrogen-bond donors (Lipinski definition) is 2. The lowest BCUT2D eigenvalue weighted by Crippen LogP contribution is -2.52. The minimum Gasteiger partial charge on any atom is -0.480 e. The summed E-state index contributed by atoms with van der Waals surface area (Å²) in [6.07, 6.45) is -1.83. The van der Waals surface area contributed by atoms with Crippen LogP contribution >= 0.6 is 0 Å². The Morgan fingerprint density at radius 2 is 1.36 bits per heavy atom. The van der Waals surface area contributed by atoms with Gasteiger partial charge in [-0.25, -0.2) is 9.59 Å². The fourth-order valence-electron chi connectivity index (χ4n) is 3.40. The fraction of sp³-hybridized carbons (Fsp3) is 0.643. The predicted molar refractivity (Wildman–Crippen MR) is 143 cm³/mol. The molecule has 220 valence electrons. The first-order chi connectivity index (χ1) is 18.2. The molecule has 0 bridgehead atoms. The van der Waals surface area contributed by atoms with Crippen LogP contribution in [0, 0.1) is 5.92 Å². The van der Waals surface area contributed by atoms with Crippen LogP contribution in [0.2, 0.25) is 0 Å². The van der Waals surface area contributed by atoms with E-state index in [0.29, 0.717) is 18.4 Å². The number of rotatable bonds is 15. The predicted octanol–water partition coefficient (Wildman–Crippen LogP) is 5.40. The van der Waals surface area contributed by atoms with Crippen LogP contribution in [0.1, 0.15) is 86.1 Å². The van der Waals surface area contributed by atoms with Gasteiger partial charge in [-0.2, -0.15) is 0 Å². The van der Waals surface area contributed by atoms with Crippen LogP contribution in [0.3, 0.4) is 0 Å². The van der Waals surface area contributed by atoms with E-state index in [-0.39, 0.29) is 36.7 Å². The topological polar surface area (TPSA) is 161 Å². The molecule has 11 nitrogen and oxygen atoms in total. The Morgan fingerprint density at radius 3 is 1.85 bits per heavy atom. The molecule has 0 aliphatic rings. The summed E-state index contributed by atoms with van der Waals surface area (Å²) in [5.41, 5.74) is 4.82. The van der Waals surface area contributed by atoms with Gasteiger partial charge in [-0.1, -0.05) is 40.2 Å². The number of aliphatic carboxylic acids is 1. The largest absolute Gasteiger partial charge is 0.514 e. The van der Waals surface area contributed by atoms with Crippen LogP contribution in [-0.4, -0.2) is 53.2 Å². The SMILES string of the molecule is CCC(C)CC(=O)O[C@@H](C)CC(N)(Cc1ccc(OC(=O)OC(C)CC)c(OC(=O)OC(C)CC)c1)C(=O)O. The molecule has 0 fully saturated rings. The van der Waals surface area contributed by atoms with Gasteiger partial charge < -0.3 is 34.5 Å². The Balaban J connectivity index is 3.18. The number of ether oxygens (including phenoxy) is 5. The molecular formula is C28H43NO10. The van der Waals surface area contributed by atoms with Crippen molar-refractivity contribution in [2.24, 2.45) is 11.7 Å². The molecule has 1 rings (SSSR count). The highest BCUT2D eigenvalue weighted by molar-refractivity contribution is 5.79. The molecule has 4 unspecified atom stereocenters. The molecule has 0 aliphatic carbocycles. The second-order valence-electron chi connectivity index (χ2n) is 10.0. The van der Waals surface area contributed by atoms with Crippen molar-refractivity contribution in [1.29, 1.82) is 0 Å². The van der Waals surface area contributed by atoms with Crippen molar-refractivity contribution in [3.63, 3.8) is 0 Å². The first-order valence-corrected chi connectivity index (χ1v) is 13.3. The number of carboxylic acids is 1. The number of benzene rings is 1. The average Bonchev–Trinajstić information content (AvgIpc) is 2.84. The number of nitrogens with two attached hydrogens (primary N) is 1. The zero-order valence-electron chi connectivity index (χ0n) is 24.0. The van der Waals surface area contributed by atoms with E-state index in [2.05, 4.69) is 0 Å². The lowest BCUT2D eigenvalue weighted by molar-refractivity contribution is -0.154. The highest BCUT2D eigenvalue weighted by Gasteiger charge is 2.37. The summed E-state index contributed by atoms with van der Waals surface area (Å²) in [7, 11) is 0. The van der Waals surface area contributed by atoms with Crippen molar-refractivity contribution in [3.05, 3.63) is 23.8 Å². The quantitative estimate of drug-likeness (QED) is 0.163. The molecule has 0 amide bonds. The van der Waals surface area contributed by atoms with Crippen LogP contribution in [-0.2, 0) is 30.2 Å². The molecule has 0 radical (unpaired) electrons. The van der Waals surface area contributed by atoms with Crippen LogP contribution in [0.5, 0.6) is 11.5 Å². The molecule has 0 saturated carbocycles. The Hall–Kier alpha value is -3.34. The van der Waals surface area contributed by atoms with Gasteiger partial charge in [0.05, 0.1) is 0 Å². The molecule has 1 aromatic carbocycles. The Bertz CT molecular complexity index is 981. The molecule has 0 saturated heterocycles. The number of carboxylic acid groups (broad SMARTS) is 1. The highest BCUT2D eigenvalue weighted by Crippen LogP contribution is 2.32.